The summed E-state index contributed by atoms with van der Waals surface area (Å²) in [4.78, 5) is 29.4. The molecule has 3 aromatic heterocycles. The number of nitrogens with zero attached hydrogens (tertiary/aromatic N) is 3. The number of thiophene rings is 1. The number of fused-ring (bicyclic) bond motifs is 1. The Morgan fingerprint density at radius 2 is 1.86 bits per heavy atom. The molecule has 1 aromatic carbocycles. The molecule has 0 unspecified atom stereocenters. The summed E-state index contributed by atoms with van der Waals surface area (Å²) in [5, 5.41) is 6.85. The second-order valence-electron chi connectivity index (χ2n) is 8.48. The quantitative estimate of drug-likeness (QED) is 0.230. The number of amides is 2. The predicted octanol–water partition coefficient (Wildman–Crippen LogP) is 6.41. The van der Waals surface area contributed by atoms with E-state index >= 15 is 0 Å². The van der Waals surface area contributed by atoms with E-state index in [4.69, 9.17) is 5.73 Å². The number of hydrogen-bond donors (Lipinski definition) is 2. The molecule has 1 fully saturated rings. The van der Waals surface area contributed by atoms with Gasteiger partial charge in [-0.25, -0.2) is 22.5 Å². The number of benzene rings is 1. The zero-order valence-corrected chi connectivity index (χ0v) is 21.3. The minimum Gasteiger partial charge on any atom is -0.365 e. The largest absolute Gasteiger partial charge is 0.365 e. The summed E-state index contributed by atoms with van der Waals surface area (Å²) in [6.45, 7) is -0.407. The fraction of sp³-hybridized carbons (Fsp3) is 0.250. The van der Waals surface area contributed by atoms with Gasteiger partial charge in [0, 0.05) is 11.3 Å². The minimum atomic E-state index is -2.87. The van der Waals surface area contributed by atoms with Crippen LogP contribution in [0.2, 0.25) is 0 Å². The average Bonchev–Trinajstić information content (AvgIpc) is 3.54. The summed E-state index contributed by atoms with van der Waals surface area (Å²) in [6.07, 6.45) is -4.13. The maximum Gasteiger partial charge on any atom is 0.283 e. The van der Waals surface area contributed by atoms with Gasteiger partial charge in [0.25, 0.3) is 18.8 Å². The Morgan fingerprint density at radius 1 is 1.16 bits per heavy atom. The van der Waals surface area contributed by atoms with E-state index in [9.17, 15) is 27.2 Å². The Kier molecular flexibility index (Phi) is 6.75. The summed E-state index contributed by atoms with van der Waals surface area (Å²) in [5.41, 5.74) is 6.04. The number of primary amides is 1. The molecule has 4 aromatic rings. The van der Waals surface area contributed by atoms with Crippen LogP contribution in [0.25, 0.3) is 21.3 Å². The zero-order valence-electron chi connectivity index (χ0n) is 18.9. The smallest absolute Gasteiger partial charge is 0.283 e. The highest BCUT2D eigenvalue weighted by Gasteiger charge is 2.34. The third-order valence-corrected chi connectivity index (χ3v) is 7.81. The highest BCUT2D eigenvalue weighted by atomic mass is 79.9. The molecule has 0 aliphatic heterocycles. The maximum absolute atomic E-state index is 13.6. The van der Waals surface area contributed by atoms with Crippen LogP contribution in [0.4, 0.5) is 23.2 Å². The molecule has 5 rings (SSSR count). The molecular formula is C24H18BrF4N5O2S. The molecule has 0 atom stereocenters. The Bertz CT molecular complexity index is 1520. The second kappa shape index (κ2) is 9.86. The van der Waals surface area contributed by atoms with Gasteiger partial charge < -0.3 is 11.1 Å². The zero-order chi connectivity index (χ0) is 26.4. The van der Waals surface area contributed by atoms with E-state index in [2.05, 4.69) is 31.3 Å². The Hall–Kier alpha value is -3.32. The first-order chi connectivity index (χ1) is 17.7. The van der Waals surface area contributed by atoms with Crippen LogP contribution in [-0.4, -0.2) is 26.6 Å². The monoisotopic (exact) mass is 595 g/mol. The molecule has 3 N–H and O–H groups in total. The molecule has 192 valence electrons. The van der Waals surface area contributed by atoms with E-state index < -0.39 is 42.6 Å². The van der Waals surface area contributed by atoms with E-state index in [-0.39, 0.29) is 31.2 Å². The van der Waals surface area contributed by atoms with Crippen molar-refractivity contribution in [2.45, 2.75) is 38.2 Å². The first kappa shape index (κ1) is 25.3. The van der Waals surface area contributed by atoms with Crippen molar-refractivity contribution in [2.75, 3.05) is 5.32 Å². The minimum absolute atomic E-state index is 0.00647. The Labute approximate surface area is 219 Å². The van der Waals surface area contributed by atoms with Crippen molar-refractivity contribution < 1.29 is 27.2 Å². The molecule has 1 saturated carbocycles. The first-order valence-electron chi connectivity index (χ1n) is 11.1. The van der Waals surface area contributed by atoms with E-state index in [0.717, 1.165) is 24.2 Å². The van der Waals surface area contributed by atoms with Crippen LogP contribution < -0.4 is 11.1 Å². The van der Waals surface area contributed by atoms with Crippen molar-refractivity contribution in [3.63, 3.8) is 0 Å². The third-order valence-electron chi connectivity index (χ3n) is 5.90. The molecule has 3 heterocycles. The summed E-state index contributed by atoms with van der Waals surface area (Å²) >= 11 is 3.97. The summed E-state index contributed by atoms with van der Waals surface area (Å²) in [6, 6.07) is 9.81. The topological polar surface area (TPSA) is 103 Å². The van der Waals surface area contributed by atoms with E-state index in [1.165, 1.54) is 10.7 Å². The van der Waals surface area contributed by atoms with Crippen LogP contribution in [0.5, 0.6) is 0 Å². The number of carbonyl (C=O) groups excluding carboxylic acids is 2. The lowest BCUT2D eigenvalue weighted by atomic mass is 10.0. The molecule has 37 heavy (non-hydrogen) atoms. The van der Waals surface area contributed by atoms with Gasteiger partial charge in [-0.1, -0.05) is 30.3 Å². The van der Waals surface area contributed by atoms with Crippen molar-refractivity contribution in [3.05, 3.63) is 62.8 Å². The number of pyridine rings is 1. The number of halogens is 5. The van der Waals surface area contributed by atoms with Gasteiger partial charge in [0.15, 0.2) is 0 Å². The molecule has 13 heteroatoms. The lowest BCUT2D eigenvalue weighted by molar-refractivity contribution is -0.117. The average molecular weight is 596 g/mol. The molecule has 0 radical (unpaired) electrons. The molecule has 0 saturated heterocycles. The van der Waals surface area contributed by atoms with Crippen molar-refractivity contribution >= 4 is 55.0 Å². The number of anilines is 1. The molecule has 1 aliphatic rings. The van der Waals surface area contributed by atoms with Crippen LogP contribution in [0.1, 0.15) is 58.4 Å². The van der Waals surface area contributed by atoms with Gasteiger partial charge in [0.1, 0.15) is 27.6 Å². The number of carbonyl (C=O) groups is 2. The molecule has 0 spiro atoms. The molecule has 7 nitrogen and oxygen atoms in total. The summed E-state index contributed by atoms with van der Waals surface area (Å²) < 4.78 is 55.5. The Morgan fingerprint density at radius 3 is 2.46 bits per heavy atom. The van der Waals surface area contributed by atoms with Crippen LogP contribution in [0.15, 0.2) is 40.9 Å². The van der Waals surface area contributed by atoms with E-state index in [1.54, 1.807) is 30.3 Å². The highest BCUT2D eigenvalue weighted by Crippen LogP contribution is 2.46. The van der Waals surface area contributed by atoms with Gasteiger partial charge in [-0.2, -0.15) is 5.10 Å². The second-order valence-corrected chi connectivity index (χ2v) is 10.3. The number of alkyl halides is 4. The number of aromatic nitrogens is 3. The number of hydrogen-bond acceptors (Lipinski definition) is 5. The van der Waals surface area contributed by atoms with Gasteiger partial charge in [-0.15, -0.1) is 11.3 Å². The van der Waals surface area contributed by atoms with Crippen LogP contribution in [0, 0.1) is 0 Å². The van der Waals surface area contributed by atoms with Crippen LogP contribution >= 0.6 is 27.3 Å². The Balaban J connectivity index is 1.59. The highest BCUT2D eigenvalue weighted by molar-refractivity contribution is 9.10. The van der Waals surface area contributed by atoms with Crippen LogP contribution in [-0.2, 0) is 11.3 Å². The SMILES string of the molecule is NC(=O)c1sc2nc(C(F)F)cc(-c3ccccc3)c2c1NC(=O)Cn1nc(C(F)F)c(Br)c1C1CC1. The van der Waals surface area contributed by atoms with Crippen molar-refractivity contribution in [2.24, 2.45) is 5.73 Å². The third kappa shape index (κ3) is 4.85. The normalized spacial score (nSPS) is 13.6. The van der Waals surface area contributed by atoms with Crippen molar-refractivity contribution in [1.82, 2.24) is 14.8 Å². The fourth-order valence-corrected chi connectivity index (χ4v) is 5.96. The van der Waals surface area contributed by atoms with Crippen molar-refractivity contribution in [3.8, 4) is 11.1 Å². The van der Waals surface area contributed by atoms with Gasteiger partial charge in [-0.3, -0.25) is 14.3 Å². The fourth-order valence-electron chi connectivity index (χ4n) is 4.16. The molecule has 0 bridgehead atoms. The molecule has 2 amide bonds. The van der Waals surface area contributed by atoms with E-state index in [0.29, 0.717) is 16.8 Å². The molecule has 1 aliphatic carbocycles. The molecular weight excluding hydrogens is 578 g/mol. The predicted molar refractivity (Wildman–Crippen MR) is 134 cm³/mol. The number of nitrogens with two attached hydrogens (primary N) is 1. The van der Waals surface area contributed by atoms with E-state index in [1.807, 2.05) is 0 Å². The first-order valence-corrected chi connectivity index (χ1v) is 12.7. The van der Waals surface area contributed by atoms with Crippen molar-refractivity contribution in [1.29, 1.82) is 0 Å². The lowest BCUT2D eigenvalue weighted by Crippen LogP contribution is -2.22. The number of nitrogens with one attached hydrogen (secondary N) is 1. The van der Waals surface area contributed by atoms with Gasteiger partial charge in [0.2, 0.25) is 5.91 Å². The summed E-state index contributed by atoms with van der Waals surface area (Å²) in [5.74, 6) is -1.53. The van der Waals surface area contributed by atoms with Crippen LogP contribution in [0.3, 0.4) is 0 Å². The van der Waals surface area contributed by atoms with Gasteiger partial charge in [0.05, 0.1) is 15.9 Å². The van der Waals surface area contributed by atoms with Gasteiger partial charge in [-0.05, 0) is 46.0 Å². The van der Waals surface area contributed by atoms with Gasteiger partial charge >= 0.3 is 0 Å². The lowest BCUT2D eigenvalue weighted by Gasteiger charge is -2.12. The summed E-state index contributed by atoms with van der Waals surface area (Å²) in [7, 11) is 0. The maximum atomic E-state index is 13.6. The standard InChI is InChI=1S/C24H18BrF4N5O2S/c25-16-18(22(28)29)33-34(19(16)11-6-7-11)9-14(35)32-17-15-12(10-4-2-1-3-5-10)8-13(21(26)27)31-24(15)37-20(17)23(30)36/h1-5,8,11,21-22H,6-7,9H2,(H2,30,36)(H,32,35). The number of rotatable bonds is 8.